The summed E-state index contributed by atoms with van der Waals surface area (Å²) in [5.41, 5.74) is 5.10. The molecule has 4 heteroatoms. The Labute approximate surface area is 164 Å². The topological polar surface area (TPSA) is 26.3 Å². The van der Waals surface area contributed by atoms with Gasteiger partial charge in [0, 0.05) is 39.8 Å². The van der Waals surface area contributed by atoms with Gasteiger partial charge in [0.15, 0.2) is 4.90 Å². The Bertz CT molecular complexity index is 815. The highest BCUT2D eigenvalue weighted by molar-refractivity contribution is 7.90. The summed E-state index contributed by atoms with van der Waals surface area (Å²) in [6, 6.07) is 10.5. The largest absolute Gasteiger partial charge is 0.612 e. The van der Waals surface area contributed by atoms with Crippen molar-refractivity contribution in [1.29, 1.82) is 0 Å². The van der Waals surface area contributed by atoms with E-state index in [4.69, 9.17) is 0 Å². The molecule has 0 aliphatic carbocycles. The molecule has 2 heterocycles. The zero-order valence-corrected chi connectivity index (χ0v) is 17.7. The molecule has 1 atom stereocenters. The minimum absolute atomic E-state index is 0.875. The van der Waals surface area contributed by atoms with E-state index in [9.17, 15) is 4.55 Å². The molecular formula is C22H27NOS2. The molecule has 138 valence electrons. The molecular weight excluding hydrogens is 358 g/mol. The molecule has 0 spiro atoms. The number of thiophene rings is 1. The molecule has 0 radical (unpaired) electrons. The molecule has 0 N–H and O–H groups in total. The van der Waals surface area contributed by atoms with Crippen LogP contribution in [0, 0.1) is 0 Å². The molecule has 2 aromatic rings. The number of aryl methyl sites for hydroxylation is 1. The van der Waals surface area contributed by atoms with Crippen molar-refractivity contribution in [3.8, 4) is 0 Å². The Morgan fingerprint density at radius 2 is 1.92 bits per heavy atom. The maximum atomic E-state index is 11.7. The van der Waals surface area contributed by atoms with E-state index in [-0.39, 0.29) is 0 Å². The number of hydrogen-bond donors (Lipinski definition) is 0. The van der Waals surface area contributed by atoms with E-state index in [1.165, 1.54) is 45.0 Å². The van der Waals surface area contributed by atoms with Gasteiger partial charge in [-0.25, -0.2) is 0 Å². The van der Waals surface area contributed by atoms with Crippen LogP contribution in [-0.4, -0.2) is 22.8 Å². The fourth-order valence-corrected chi connectivity index (χ4v) is 5.06. The molecule has 0 bridgehead atoms. The number of fused-ring (bicyclic) bond motifs is 1. The summed E-state index contributed by atoms with van der Waals surface area (Å²) in [5, 5.41) is 0. The van der Waals surface area contributed by atoms with Crippen LogP contribution in [0.3, 0.4) is 0 Å². The van der Waals surface area contributed by atoms with Crippen LogP contribution in [0.25, 0.3) is 11.3 Å². The highest BCUT2D eigenvalue weighted by atomic mass is 32.2. The predicted octanol–water partition coefficient (Wildman–Crippen LogP) is 5.91. The lowest BCUT2D eigenvalue weighted by Gasteiger charge is -2.26. The van der Waals surface area contributed by atoms with Crippen molar-refractivity contribution in [2.24, 2.45) is 0 Å². The normalized spacial score (nSPS) is 16.6. The lowest BCUT2D eigenvalue weighted by molar-refractivity contribution is 0.601. The minimum Gasteiger partial charge on any atom is -0.612 e. The van der Waals surface area contributed by atoms with Gasteiger partial charge in [0.2, 0.25) is 0 Å². The van der Waals surface area contributed by atoms with Gasteiger partial charge in [-0.2, -0.15) is 0 Å². The molecule has 0 amide bonds. The second kappa shape index (κ2) is 8.47. The summed E-state index contributed by atoms with van der Waals surface area (Å²) in [6.45, 7) is 4.43. The first kappa shape index (κ1) is 19.3. The summed E-state index contributed by atoms with van der Waals surface area (Å²) in [7, 11) is 2.13. The minimum atomic E-state index is -0.939. The van der Waals surface area contributed by atoms with Gasteiger partial charge in [0.05, 0.1) is 0 Å². The van der Waals surface area contributed by atoms with Crippen molar-refractivity contribution in [3.63, 3.8) is 0 Å². The first-order valence-corrected chi connectivity index (χ1v) is 11.6. The van der Waals surface area contributed by atoms with Gasteiger partial charge in [-0.1, -0.05) is 26.3 Å². The highest BCUT2D eigenvalue weighted by Crippen LogP contribution is 2.42. The maximum Gasteiger partial charge on any atom is 0.152 e. The Hall–Kier alpha value is -1.49. The average molecular weight is 386 g/mol. The summed E-state index contributed by atoms with van der Waals surface area (Å²) in [4.78, 5) is 5.94. The third kappa shape index (κ3) is 3.93. The summed E-state index contributed by atoms with van der Waals surface area (Å²) < 4.78 is 11.7. The van der Waals surface area contributed by atoms with Crippen LogP contribution in [0.1, 0.15) is 54.0 Å². The lowest BCUT2D eigenvalue weighted by Crippen LogP contribution is -2.15. The van der Waals surface area contributed by atoms with E-state index in [2.05, 4.69) is 56.3 Å². The van der Waals surface area contributed by atoms with Crippen LogP contribution in [0.4, 0.5) is 0 Å². The van der Waals surface area contributed by atoms with Crippen molar-refractivity contribution >= 4 is 33.8 Å². The molecule has 3 rings (SSSR count). The van der Waals surface area contributed by atoms with Crippen LogP contribution in [-0.2, 0) is 17.6 Å². The van der Waals surface area contributed by atoms with Crippen LogP contribution >= 0.6 is 11.3 Å². The van der Waals surface area contributed by atoms with Gasteiger partial charge in [0.25, 0.3) is 0 Å². The smallest absolute Gasteiger partial charge is 0.152 e. The number of rotatable bonds is 6. The van der Waals surface area contributed by atoms with Crippen LogP contribution in [0.15, 0.2) is 47.5 Å². The van der Waals surface area contributed by atoms with Gasteiger partial charge in [0.1, 0.15) is 6.26 Å². The Balaban J connectivity index is 2.05. The molecule has 2 nitrogen and oxygen atoms in total. The fourth-order valence-electron chi connectivity index (χ4n) is 3.30. The van der Waals surface area contributed by atoms with Crippen molar-refractivity contribution in [3.05, 3.63) is 63.5 Å². The molecule has 1 aromatic heterocycles. The number of unbranched alkanes of at least 4 members (excludes halogenated alkanes) is 1. The number of hydrogen-bond acceptors (Lipinski definition) is 3. The van der Waals surface area contributed by atoms with Crippen LogP contribution in [0.2, 0.25) is 0 Å². The van der Waals surface area contributed by atoms with Crippen molar-refractivity contribution < 1.29 is 4.55 Å². The maximum absolute atomic E-state index is 11.7. The average Bonchev–Trinajstić information content (AvgIpc) is 3.06. The number of nitrogens with zero attached hydrogens (tertiary/aromatic N) is 1. The monoisotopic (exact) mass is 385 g/mol. The van der Waals surface area contributed by atoms with Gasteiger partial charge < -0.3 is 9.45 Å². The van der Waals surface area contributed by atoms with Crippen molar-refractivity contribution in [2.75, 3.05) is 13.3 Å². The first-order valence-electron chi connectivity index (χ1n) is 9.27. The zero-order valence-electron chi connectivity index (χ0n) is 16.0. The molecule has 1 unspecified atom stereocenters. The molecule has 1 aliphatic rings. The Morgan fingerprint density at radius 3 is 2.54 bits per heavy atom. The van der Waals surface area contributed by atoms with E-state index in [1.54, 1.807) is 6.26 Å². The molecule has 0 saturated heterocycles. The Kier molecular flexibility index (Phi) is 6.28. The number of benzene rings is 1. The third-order valence-corrected chi connectivity index (χ3v) is 6.84. The molecule has 0 saturated carbocycles. The zero-order chi connectivity index (χ0) is 18.7. The second-order valence-corrected chi connectivity index (χ2v) is 9.21. The van der Waals surface area contributed by atoms with E-state index >= 15 is 0 Å². The van der Waals surface area contributed by atoms with Crippen LogP contribution in [0.5, 0.6) is 0 Å². The molecule has 0 fully saturated rings. The van der Waals surface area contributed by atoms with E-state index in [0.29, 0.717) is 0 Å². The summed E-state index contributed by atoms with van der Waals surface area (Å²) >= 11 is 0.986. The molecule has 1 aliphatic heterocycles. The lowest BCUT2D eigenvalue weighted by atomic mass is 9.97. The van der Waals surface area contributed by atoms with E-state index in [1.807, 2.05) is 23.5 Å². The molecule has 1 aromatic carbocycles. The SMILES string of the molecule is CC/C=C1/c2cc(CCCC)sc2C(c2ccc([S+](C)[O-])cc2)=CN1C. The quantitative estimate of drug-likeness (QED) is 0.578. The van der Waals surface area contributed by atoms with Gasteiger partial charge in [-0.3, -0.25) is 0 Å². The van der Waals surface area contributed by atoms with E-state index in [0.717, 1.165) is 17.7 Å². The fraction of sp³-hybridized carbons (Fsp3) is 0.364. The van der Waals surface area contributed by atoms with Gasteiger partial charge >= 0.3 is 0 Å². The second-order valence-electron chi connectivity index (χ2n) is 6.69. The summed E-state index contributed by atoms with van der Waals surface area (Å²) in [5.74, 6) is 0. The van der Waals surface area contributed by atoms with Crippen LogP contribution < -0.4 is 0 Å². The van der Waals surface area contributed by atoms with Gasteiger partial charge in [-0.05, 0) is 66.3 Å². The standard InChI is InChI=1S/C22H27NOS2/c1-5-7-9-17-14-19-21(8-6-2)23(3)15-20(22(19)25-17)16-10-12-18(13-11-16)26(4)24/h8,10-15H,5-7,9H2,1-4H3/b21-8-. The molecule has 26 heavy (non-hydrogen) atoms. The van der Waals surface area contributed by atoms with Crippen molar-refractivity contribution in [1.82, 2.24) is 4.90 Å². The first-order chi connectivity index (χ1) is 12.5. The number of allylic oxidation sites excluding steroid dienone is 1. The van der Waals surface area contributed by atoms with E-state index < -0.39 is 11.2 Å². The Morgan fingerprint density at radius 1 is 1.19 bits per heavy atom. The highest BCUT2D eigenvalue weighted by Gasteiger charge is 2.24. The van der Waals surface area contributed by atoms with Crippen molar-refractivity contribution in [2.45, 2.75) is 44.4 Å². The summed E-state index contributed by atoms with van der Waals surface area (Å²) in [6.07, 6.45) is 10.9. The third-order valence-electron chi connectivity index (χ3n) is 4.68. The van der Waals surface area contributed by atoms with Gasteiger partial charge in [-0.15, -0.1) is 11.3 Å². The predicted molar refractivity (Wildman–Crippen MR) is 115 cm³/mol.